The lowest BCUT2D eigenvalue weighted by Crippen LogP contribution is -1.94. The molecule has 5 rings (SSSR count). The molecule has 0 bridgehead atoms. The van der Waals surface area contributed by atoms with Gasteiger partial charge >= 0.3 is 0 Å². The summed E-state index contributed by atoms with van der Waals surface area (Å²) in [5.74, 6) is 2.23. The highest BCUT2D eigenvalue weighted by atomic mass is 16.5. The summed E-state index contributed by atoms with van der Waals surface area (Å²) in [5.41, 5.74) is 6.12. The third-order valence-corrected chi connectivity index (χ3v) is 6.88. The molecular formula is C35H33NO4. The van der Waals surface area contributed by atoms with E-state index in [1.807, 2.05) is 117 Å². The summed E-state index contributed by atoms with van der Waals surface area (Å²) in [6.45, 7) is 3.93. The van der Waals surface area contributed by atoms with Gasteiger partial charge in [-0.3, -0.25) is 0 Å². The van der Waals surface area contributed by atoms with Crippen LogP contribution < -0.4 is 9.47 Å². The first-order valence-corrected chi connectivity index (χ1v) is 13.6. The maximum Gasteiger partial charge on any atom is 0.222 e. The number of hydrogen-bond acceptors (Lipinski definition) is 5. The van der Waals surface area contributed by atoms with Crippen molar-refractivity contribution in [3.8, 4) is 45.5 Å². The molecule has 1 aromatic heterocycles. The van der Waals surface area contributed by atoms with Gasteiger partial charge in [0.1, 0.15) is 11.5 Å². The summed E-state index contributed by atoms with van der Waals surface area (Å²) in [5, 5.41) is 20.0. The number of aromatic nitrogens is 1. The Labute approximate surface area is 235 Å². The molecule has 5 nitrogen and oxygen atoms in total. The Morgan fingerprint density at radius 2 is 0.825 bits per heavy atom. The highest BCUT2D eigenvalue weighted by molar-refractivity contribution is 5.65. The normalized spacial score (nSPS) is 12.5. The van der Waals surface area contributed by atoms with E-state index in [9.17, 15) is 10.2 Å². The summed E-state index contributed by atoms with van der Waals surface area (Å²) in [7, 11) is 0. The van der Waals surface area contributed by atoms with Crippen LogP contribution in [0.15, 0.2) is 115 Å². The van der Waals surface area contributed by atoms with E-state index in [-0.39, 0.29) is 0 Å². The van der Waals surface area contributed by atoms with Crippen molar-refractivity contribution in [1.29, 1.82) is 0 Å². The van der Waals surface area contributed by atoms with Gasteiger partial charge in [-0.1, -0.05) is 92.7 Å². The molecule has 1 heterocycles. The Balaban J connectivity index is 1.21. The second-order valence-electron chi connectivity index (χ2n) is 9.66. The molecule has 5 heteroatoms. The molecule has 4 aromatic carbocycles. The van der Waals surface area contributed by atoms with Gasteiger partial charge in [-0.25, -0.2) is 0 Å². The summed E-state index contributed by atoms with van der Waals surface area (Å²) >= 11 is 0. The first-order chi connectivity index (χ1) is 19.5. The summed E-state index contributed by atoms with van der Waals surface area (Å²) in [4.78, 5) is 4.50. The molecule has 0 spiro atoms. The minimum Gasteiger partial charge on any atom is -0.439 e. The molecule has 40 heavy (non-hydrogen) atoms. The van der Waals surface area contributed by atoms with Crippen LogP contribution in [0.25, 0.3) is 22.3 Å². The molecule has 2 unspecified atom stereocenters. The number of nitrogens with zero attached hydrogens (tertiary/aromatic N) is 1. The van der Waals surface area contributed by atoms with E-state index in [0.717, 1.165) is 33.4 Å². The maximum atomic E-state index is 10.0. The number of rotatable bonds is 10. The molecule has 0 aliphatic heterocycles. The SMILES string of the molecule is CCC(O)c1ccc(-c2ccc(Oc3cccc(Oc4ccc(-c5ccc(C(O)CC)cc5)cc4)n3)cc2)cc1. The zero-order chi connectivity index (χ0) is 27.9. The number of pyridine rings is 1. The fraction of sp³-hybridized carbons (Fsp3) is 0.171. The summed E-state index contributed by atoms with van der Waals surface area (Å²) in [6, 6.07) is 37.0. The lowest BCUT2D eigenvalue weighted by Gasteiger charge is -2.11. The molecule has 0 amide bonds. The van der Waals surface area contributed by atoms with E-state index < -0.39 is 12.2 Å². The van der Waals surface area contributed by atoms with Crippen LogP contribution in [0.4, 0.5) is 0 Å². The van der Waals surface area contributed by atoms with Crippen molar-refractivity contribution in [2.24, 2.45) is 0 Å². The second kappa shape index (κ2) is 12.6. The topological polar surface area (TPSA) is 71.8 Å². The Morgan fingerprint density at radius 3 is 1.15 bits per heavy atom. The van der Waals surface area contributed by atoms with Crippen LogP contribution in [0.2, 0.25) is 0 Å². The van der Waals surface area contributed by atoms with Crippen molar-refractivity contribution < 1.29 is 19.7 Å². The predicted molar refractivity (Wildman–Crippen MR) is 159 cm³/mol. The predicted octanol–water partition coefficient (Wildman–Crippen LogP) is 8.89. The van der Waals surface area contributed by atoms with E-state index in [0.29, 0.717) is 36.1 Å². The Kier molecular flexibility index (Phi) is 8.55. The van der Waals surface area contributed by atoms with Gasteiger partial charge in [0.15, 0.2) is 0 Å². The van der Waals surface area contributed by atoms with E-state index >= 15 is 0 Å². The molecule has 0 fully saturated rings. The Hall–Kier alpha value is -4.45. The lowest BCUT2D eigenvalue weighted by atomic mass is 10.0. The molecule has 202 valence electrons. The molecule has 0 saturated carbocycles. The minimum absolute atomic E-state index is 0.429. The second-order valence-corrected chi connectivity index (χ2v) is 9.66. The molecule has 2 N–H and O–H groups in total. The van der Waals surface area contributed by atoms with Gasteiger partial charge in [0, 0.05) is 12.1 Å². The molecule has 2 atom stereocenters. The van der Waals surface area contributed by atoms with Gasteiger partial charge in [-0.2, -0.15) is 4.98 Å². The van der Waals surface area contributed by atoms with Gasteiger partial charge in [0.25, 0.3) is 0 Å². The van der Waals surface area contributed by atoms with E-state index in [4.69, 9.17) is 9.47 Å². The van der Waals surface area contributed by atoms with Crippen LogP contribution in [-0.2, 0) is 0 Å². The van der Waals surface area contributed by atoms with E-state index in [1.54, 1.807) is 12.1 Å². The standard InChI is InChI=1S/C35H33NO4/c1-3-32(37)28-12-8-24(9-13-28)26-16-20-30(21-17-26)39-34-6-5-7-35(36-34)40-31-22-18-27(19-23-31)25-10-14-29(15-11-25)33(38)4-2/h5-23,32-33,37-38H,3-4H2,1-2H3. The highest BCUT2D eigenvalue weighted by Gasteiger charge is 2.08. The number of benzene rings is 4. The van der Waals surface area contributed by atoms with Crippen molar-refractivity contribution in [2.45, 2.75) is 38.9 Å². The number of aliphatic hydroxyl groups is 2. The summed E-state index contributed by atoms with van der Waals surface area (Å²) in [6.07, 6.45) is 0.528. The lowest BCUT2D eigenvalue weighted by molar-refractivity contribution is 0.173. The molecule has 0 saturated heterocycles. The zero-order valence-corrected chi connectivity index (χ0v) is 22.7. The fourth-order valence-corrected chi connectivity index (χ4v) is 4.45. The molecule has 0 radical (unpaired) electrons. The first kappa shape index (κ1) is 27.1. The summed E-state index contributed by atoms with van der Waals surface area (Å²) < 4.78 is 12.0. The van der Waals surface area contributed by atoms with Crippen molar-refractivity contribution >= 4 is 0 Å². The third kappa shape index (κ3) is 6.57. The van der Waals surface area contributed by atoms with Gasteiger partial charge in [-0.15, -0.1) is 0 Å². The van der Waals surface area contributed by atoms with Gasteiger partial charge in [-0.05, 0) is 70.5 Å². The van der Waals surface area contributed by atoms with Gasteiger partial charge in [0.05, 0.1) is 12.2 Å². The smallest absolute Gasteiger partial charge is 0.222 e. The van der Waals surface area contributed by atoms with Crippen LogP contribution in [0.5, 0.6) is 23.3 Å². The van der Waals surface area contributed by atoms with Crippen LogP contribution in [0.3, 0.4) is 0 Å². The minimum atomic E-state index is -0.429. The van der Waals surface area contributed by atoms with E-state index in [2.05, 4.69) is 4.98 Å². The number of aliphatic hydroxyl groups excluding tert-OH is 2. The van der Waals surface area contributed by atoms with Crippen molar-refractivity contribution in [1.82, 2.24) is 4.98 Å². The van der Waals surface area contributed by atoms with Crippen LogP contribution >= 0.6 is 0 Å². The molecule has 0 aliphatic carbocycles. The van der Waals surface area contributed by atoms with Gasteiger partial charge < -0.3 is 19.7 Å². The Morgan fingerprint density at radius 1 is 0.500 bits per heavy atom. The number of hydrogen-bond donors (Lipinski definition) is 2. The van der Waals surface area contributed by atoms with Crippen molar-refractivity contribution in [3.63, 3.8) is 0 Å². The van der Waals surface area contributed by atoms with Gasteiger partial charge in [0.2, 0.25) is 11.8 Å². The quantitative estimate of drug-likeness (QED) is 0.188. The first-order valence-electron chi connectivity index (χ1n) is 13.6. The average Bonchev–Trinajstić information content (AvgIpc) is 3.01. The van der Waals surface area contributed by atoms with Crippen molar-refractivity contribution in [2.75, 3.05) is 0 Å². The van der Waals surface area contributed by atoms with Crippen LogP contribution in [-0.4, -0.2) is 15.2 Å². The monoisotopic (exact) mass is 531 g/mol. The third-order valence-electron chi connectivity index (χ3n) is 6.88. The Bertz CT molecular complexity index is 1400. The molecule has 5 aromatic rings. The van der Waals surface area contributed by atoms with E-state index in [1.165, 1.54) is 0 Å². The van der Waals surface area contributed by atoms with Crippen LogP contribution in [0.1, 0.15) is 50.0 Å². The molecular weight excluding hydrogens is 498 g/mol. The highest BCUT2D eigenvalue weighted by Crippen LogP contribution is 2.30. The zero-order valence-electron chi connectivity index (χ0n) is 22.7. The van der Waals surface area contributed by atoms with Crippen molar-refractivity contribution in [3.05, 3.63) is 126 Å². The van der Waals surface area contributed by atoms with Crippen LogP contribution in [0, 0.1) is 0 Å². The largest absolute Gasteiger partial charge is 0.439 e. The number of ether oxygens (including phenoxy) is 2. The maximum absolute atomic E-state index is 10.0. The molecule has 0 aliphatic rings. The average molecular weight is 532 g/mol. The fourth-order valence-electron chi connectivity index (χ4n) is 4.45.